The molecule has 0 amide bonds. The fourth-order valence-electron chi connectivity index (χ4n) is 4.37. The second kappa shape index (κ2) is 12.1. The number of aromatic nitrogens is 1. The lowest BCUT2D eigenvalue weighted by Crippen LogP contribution is -2.32. The Labute approximate surface area is 228 Å². The predicted molar refractivity (Wildman–Crippen MR) is 141 cm³/mol. The van der Waals surface area contributed by atoms with Crippen molar-refractivity contribution in [3.63, 3.8) is 0 Å². The Bertz CT molecular complexity index is 1560. The molecule has 0 aliphatic carbocycles. The van der Waals surface area contributed by atoms with Gasteiger partial charge >= 0.3 is 18.1 Å². The molecule has 1 aromatic heterocycles. The van der Waals surface area contributed by atoms with Crippen LogP contribution in [0.3, 0.4) is 0 Å². The van der Waals surface area contributed by atoms with Gasteiger partial charge in [0.1, 0.15) is 13.2 Å². The van der Waals surface area contributed by atoms with Gasteiger partial charge in [-0.1, -0.05) is 30.3 Å². The standard InChI is InChI=1S/C28H25N3O9/c1-16-23(26(32)37-3)25(19-8-6-9-20(13-19)31(35)36)24(17(2)30-16)27(33)38-11-12-39-28(34)40-21-14-18-7-4-5-10-22(18)29-15-21/h4-10,13-15,25,30H,11-12H2,1-3H3. The van der Waals surface area contributed by atoms with Crippen LogP contribution in [0.2, 0.25) is 0 Å². The smallest absolute Gasteiger partial charge is 0.466 e. The number of allylic oxidation sites excluding steroid dienone is 2. The Morgan fingerprint density at radius 3 is 2.38 bits per heavy atom. The molecule has 12 heteroatoms. The number of esters is 2. The van der Waals surface area contributed by atoms with Crippen molar-refractivity contribution in [2.45, 2.75) is 19.8 Å². The van der Waals surface area contributed by atoms with E-state index in [0.29, 0.717) is 17.0 Å². The van der Waals surface area contributed by atoms with Crippen molar-refractivity contribution in [1.82, 2.24) is 10.3 Å². The van der Waals surface area contributed by atoms with Crippen LogP contribution in [0.4, 0.5) is 10.5 Å². The third-order valence-corrected chi connectivity index (χ3v) is 6.10. The van der Waals surface area contributed by atoms with Crippen molar-refractivity contribution < 1.29 is 38.3 Å². The number of rotatable bonds is 8. The van der Waals surface area contributed by atoms with E-state index in [1.54, 1.807) is 26.0 Å². The average molecular weight is 548 g/mol. The van der Waals surface area contributed by atoms with Crippen molar-refractivity contribution >= 4 is 34.7 Å². The van der Waals surface area contributed by atoms with Gasteiger partial charge in [0.05, 0.1) is 40.8 Å². The van der Waals surface area contributed by atoms with Crippen LogP contribution in [0.5, 0.6) is 5.75 Å². The molecule has 0 fully saturated rings. The zero-order valence-electron chi connectivity index (χ0n) is 21.8. The zero-order valence-corrected chi connectivity index (χ0v) is 21.8. The van der Waals surface area contributed by atoms with Gasteiger partial charge in [-0.2, -0.15) is 0 Å². The Morgan fingerprint density at radius 1 is 0.950 bits per heavy atom. The summed E-state index contributed by atoms with van der Waals surface area (Å²) >= 11 is 0. The molecule has 2 heterocycles. The molecule has 0 bridgehead atoms. The number of dihydropyridines is 1. The highest BCUT2D eigenvalue weighted by atomic mass is 16.7. The van der Waals surface area contributed by atoms with Crippen molar-refractivity contribution in [2.24, 2.45) is 0 Å². The minimum atomic E-state index is -1.01. The summed E-state index contributed by atoms with van der Waals surface area (Å²) in [6.07, 6.45) is 0.376. The number of pyridine rings is 1. The zero-order chi connectivity index (χ0) is 28.8. The van der Waals surface area contributed by atoms with E-state index >= 15 is 0 Å². The van der Waals surface area contributed by atoms with E-state index in [0.717, 1.165) is 10.9 Å². The molecule has 1 atom stereocenters. The summed E-state index contributed by atoms with van der Waals surface area (Å²) < 4.78 is 20.4. The number of carbonyl (C=O) groups is 3. The molecule has 0 radical (unpaired) electrons. The third kappa shape index (κ3) is 6.07. The molecule has 0 spiro atoms. The molecule has 1 unspecified atom stereocenters. The number of non-ortho nitro benzene ring substituents is 1. The molecule has 4 rings (SSSR count). The molecule has 2 aromatic carbocycles. The Kier molecular flexibility index (Phi) is 8.38. The van der Waals surface area contributed by atoms with Gasteiger partial charge in [0, 0.05) is 28.9 Å². The van der Waals surface area contributed by atoms with Crippen molar-refractivity contribution in [1.29, 1.82) is 0 Å². The lowest BCUT2D eigenvalue weighted by molar-refractivity contribution is -0.384. The van der Waals surface area contributed by atoms with Crippen LogP contribution in [-0.2, 0) is 23.8 Å². The second-order valence-electron chi connectivity index (χ2n) is 8.68. The number of hydrogen-bond acceptors (Lipinski definition) is 11. The molecule has 206 valence electrons. The molecule has 40 heavy (non-hydrogen) atoms. The van der Waals surface area contributed by atoms with Crippen molar-refractivity contribution in [3.05, 3.63) is 99.0 Å². The van der Waals surface area contributed by atoms with Gasteiger partial charge in [-0.15, -0.1) is 0 Å². The molecular weight excluding hydrogens is 522 g/mol. The number of para-hydroxylation sites is 1. The van der Waals surface area contributed by atoms with Gasteiger partial charge in [-0.25, -0.2) is 14.4 Å². The highest BCUT2D eigenvalue weighted by Crippen LogP contribution is 2.40. The van der Waals surface area contributed by atoms with Crippen LogP contribution in [0.1, 0.15) is 25.3 Å². The van der Waals surface area contributed by atoms with E-state index in [-0.39, 0.29) is 35.8 Å². The molecule has 1 aliphatic rings. The first kappa shape index (κ1) is 27.8. The maximum atomic E-state index is 13.2. The number of hydrogen-bond donors (Lipinski definition) is 1. The third-order valence-electron chi connectivity index (χ3n) is 6.10. The van der Waals surface area contributed by atoms with Gasteiger partial charge in [0.25, 0.3) is 5.69 Å². The summed E-state index contributed by atoms with van der Waals surface area (Å²) in [5.41, 5.74) is 1.81. The Balaban J connectivity index is 1.45. The predicted octanol–water partition coefficient (Wildman–Crippen LogP) is 4.31. The van der Waals surface area contributed by atoms with Crippen LogP contribution in [0.15, 0.2) is 83.3 Å². The highest BCUT2D eigenvalue weighted by molar-refractivity contribution is 6.00. The summed E-state index contributed by atoms with van der Waals surface area (Å²) in [6.45, 7) is 2.61. The van der Waals surface area contributed by atoms with Crippen molar-refractivity contribution in [2.75, 3.05) is 20.3 Å². The molecule has 0 saturated carbocycles. The van der Waals surface area contributed by atoms with E-state index < -0.39 is 28.9 Å². The maximum absolute atomic E-state index is 13.2. The van der Waals surface area contributed by atoms with E-state index in [4.69, 9.17) is 18.9 Å². The van der Waals surface area contributed by atoms with Gasteiger partial charge in [-0.3, -0.25) is 15.1 Å². The summed E-state index contributed by atoms with van der Waals surface area (Å²) in [5.74, 6) is -2.35. The van der Waals surface area contributed by atoms with Gasteiger partial charge < -0.3 is 24.3 Å². The van der Waals surface area contributed by atoms with Crippen LogP contribution < -0.4 is 10.1 Å². The van der Waals surface area contributed by atoms with Crippen LogP contribution in [0, 0.1) is 10.1 Å². The Morgan fingerprint density at radius 2 is 1.65 bits per heavy atom. The van der Waals surface area contributed by atoms with Crippen LogP contribution >= 0.6 is 0 Å². The monoisotopic (exact) mass is 547 g/mol. The van der Waals surface area contributed by atoms with E-state index in [2.05, 4.69) is 10.3 Å². The number of methoxy groups -OCH3 is 1. The molecule has 1 aliphatic heterocycles. The number of ether oxygens (including phenoxy) is 4. The van der Waals surface area contributed by atoms with Gasteiger partial charge in [0.15, 0.2) is 5.75 Å². The molecule has 12 nitrogen and oxygen atoms in total. The van der Waals surface area contributed by atoms with Gasteiger partial charge in [-0.05, 0) is 31.5 Å². The lowest BCUT2D eigenvalue weighted by atomic mass is 9.80. The minimum Gasteiger partial charge on any atom is -0.466 e. The SMILES string of the molecule is COC(=O)C1=C(C)NC(C)=C(C(=O)OCCOC(=O)Oc2cnc3ccccc3c2)C1c1cccc([N+](=O)[O-])c1. The number of carbonyl (C=O) groups excluding carboxylic acids is 3. The first-order valence-electron chi connectivity index (χ1n) is 12.1. The summed E-state index contributed by atoms with van der Waals surface area (Å²) in [6, 6.07) is 14.6. The fourth-order valence-corrected chi connectivity index (χ4v) is 4.37. The normalized spacial score (nSPS) is 14.8. The largest absolute Gasteiger partial charge is 0.514 e. The second-order valence-corrected chi connectivity index (χ2v) is 8.68. The summed E-state index contributed by atoms with van der Waals surface area (Å²) in [5, 5.41) is 15.1. The minimum absolute atomic E-state index is 0.0521. The van der Waals surface area contributed by atoms with Gasteiger partial charge in [0.2, 0.25) is 0 Å². The first-order chi connectivity index (χ1) is 19.2. The highest BCUT2D eigenvalue weighted by Gasteiger charge is 2.38. The number of nitrogens with one attached hydrogen (secondary N) is 1. The summed E-state index contributed by atoms with van der Waals surface area (Å²) in [4.78, 5) is 53.1. The fraction of sp³-hybridized carbons (Fsp3) is 0.214. The number of nitrogens with zero attached hydrogens (tertiary/aromatic N) is 2. The molecule has 3 aromatic rings. The topological polar surface area (TPSA) is 156 Å². The Hall–Kier alpha value is -5.26. The van der Waals surface area contributed by atoms with Crippen LogP contribution in [-0.4, -0.2) is 48.3 Å². The molecular formula is C28H25N3O9. The van der Waals surface area contributed by atoms with E-state index in [9.17, 15) is 24.5 Å². The van der Waals surface area contributed by atoms with E-state index in [1.165, 1.54) is 31.5 Å². The summed E-state index contributed by atoms with van der Waals surface area (Å²) in [7, 11) is 1.20. The lowest BCUT2D eigenvalue weighted by Gasteiger charge is -2.30. The van der Waals surface area contributed by atoms with Crippen molar-refractivity contribution in [3.8, 4) is 5.75 Å². The molecule has 0 saturated heterocycles. The first-order valence-corrected chi connectivity index (χ1v) is 12.1. The van der Waals surface area contributed by atoms with E-state index in [1.807, 2.05) is 24.3 Å². The number of fused-ring (bicyclic) bond motifs is 1. The quantitative estimate of drug-likeness (QED) is 0.141. The maximum Gasteiger partial charge on any atom is 0.514 e. The number of benzene rings is 2. The average Bonchev–Trinajstić information content (AvgIpc) is 2.94. The van der Waals surface area contributed by atoms with Crippen LogP contribution in [0.25, 0.3) is 10.9 Å². The number of nitro groups is 1. The molecule has 1 N–H and O–H groups in total. The number of nitro benzene ring substituents is 1.